The number of carbonyl (C=O) groups is 1. The van der Waals surface area contributed by atoms with Crippen molar-refractivity contribution in [3.05, 3.63) is 84.6 Å². The maximum absolute atomic E-state index is 13.6. The molecule has 0 saturated heterocycles. The third kappa shape index (κ3) is 4.19. The van der Waals surface area contributed by atoms with Gasteiger partial charge >= 0.3 is 0 Å². The van der Waals surface area contributed by atoms with Crippen LogP contribution in [0.4, 0.5) is 0 Å². The lowest BCUT2D eigenvalue weighted by Crippen LogP contribution is -2.47. The lowest BCUT2D eigenvalue weighted by molar-refractivity contribution is -0.144. The van der Waals surface area contributed by atoms with E-state index in [9.17, 15) is 9.90 Å². The van der Waals surface area contributed by atoms with E-state index in [1.54, 1.807) is 11.9 Å². The molecule has 30 heavy (non-hydrogen) atoms. The minimum Gasteiger partial charge on any atom is -0.386 e. The smallest absolute Gasteiger partial charge is 0.229 e. The number of amides is 1. The number of para-hydroxylation sites is 1. The van der Waals surface area contributed by atoms with Gasteiger partial charge in [0.2, 0.25) is 5.91 Å². The number of aromatic nitrogens is 1. The van der Waals surface area contributed by atoms with Crippen LogP contribution in [0.3, 0.4) is 0 Å². The van der Waals surface area contributed by atoms with Crippen LogP contribution < -0.4 is 0 Å². The Bertz CT molecular complexity index is 1020. The lowest BCUT2D eigenvalue weighted by Gasteiger charge is -2.37. The van der Waals surface area contributed by atoms with Crippen LogP contribution in [-0.4, -0.2) is 33.6 Å². The second-order valence-corrected chi connectivity index (χ2v) is 8.50. The highest BCUT2D eigenvalue weighted by Gasteiger charge is 2.38. The van der Waals surface area contributed by atoms with E-state index in [4.69, 9.17) is 0 Å². The third-order valence-corrected chi connectivity index (χ3v) is 6.26. The van der Waals surface area contributed by atoms with Crippen LogP contribution in [-0.2, 0) is 18.3 Å². The first kappa shape index (κ1) is 21.8. The Morgan fingerprint density at radius 1 is 1.20 bits per heavy atom. The normalized spacial score (nSPS) is 15.4. The van der Waals surface area contributed by atoms with E-state index in [0.717, 1.165) is 16.8 Å². The molecule has 1 aromatic heterocycles. The Morgan fingerprint density at radius 3 is 2.47 bits per heavy atom. The molecular formula is C26H32N2O2. The molecule has 2 aromatic carbocycles. The van der Waals surface area contributed by atoms with Crippen LogP contribution in [0.25, 0.3) is 10.9 Å². The molecule has 3 rings (SSSR count). The van der Waals surface area contributed by atoms with Gasteiger partial charge in [0.15, 0.2) is 0 Å². The number of allylic oxidation sites excluding steroid dienone is 1. The molecule has 1 amide bonds. The van der Waals surface area contributed by atoms with Crippen molar-refractivity contribution < 1.29 is 9.90 Å². The fourth-order valence-corrected chi connectivity index (χ4v) is 4.22. The second kappa shape index (κ2) is 8.88. The molecule has 0 radical (unpaired) electrons. The summed E-state index contributed by atoms with van der Waals surface area (Å²) < 4.78 is 2.16. The number of hydrogen-bond acceptors (Lipinski definition) is 2. The van der Waals surface area contributed by atoms with Crippen LogP contribution in [0, 0.1) is 5.41 Å². The molecule has 3 aromatic rings. The number of aryl methyl sites for hydroxylation is 1. The molecule has 0 fully saturated rings. The number of aliphatic hydroxyl groups is 1. The van der Waals surface area contributed by atoms with Gasteiger partial charge in [0.05, 0.1) is 17.6 Å². The van der Waals surface area contributed by atoms with E-state index in [2.05, 4.69) is 29.3 Å². The summed E-state index contributed by atoms with van der Waals surface area (Å²) in [6.45, 7) is 7.78. The molecule has 0 unspecified atom stereocenters. The third-order valence-electron chi connectivity index (χ3n) is 6.26. The van der Waals surface area contributed by atoms with E-state index in [-0.39, 0.29) is 11.9 Å². The first-order chi connectivity index (χ1) is 14.3. The van der Waals surface area contributed by atoms with Crippen molar-refractivity contribution in [1.82, 2.24) is 9.47 Å². The number of rotatable bonds is 8. The average molecular weight is 405 g/mol. The van der Waals surface area contributed by atoms with Gasteiger partial charge in [0, 0.05) is 31.7 Å². The zero-order valence-electron chi connectivity index (χ0n) is 18.4. The van der Waals surface area contributed by atoms with Gasteiger partial charge in [-0.2, -0.15) is 0 Å². The zero-order valence-corrected chi connectivity index (χ0v) is 18.4. The standard InChI is InChI=1S/C26H32N2O2/c1-6-16-26(3,18-22-17-21-14-10-11-15-23(21)28(22)5)25(30)27(4)19(2)24(29)20-12-8-7-9-13-20/h6-15,17,19,24,29H,1,16,18H2,2-5H3/t19-,24+,26-/m0/s1. The maximum atomic E-state index is 13.6. The van der Waals surface area contributed by atoms with E-state index in [1.165, 1.54) is 5.39 Å². The van der Waals surface area contributed by atoms with Crippen molar-refractivity contribution in [2.75, 3.05) is 7.05 Å². The number of hydrogen-bond donors (Lipinski definition) is 1. The van der Waals surface area contributed by atoms with Crippen molar-refractivity contribution in [2.45, 2.75) is 38.8 Å². The fraction of sp³-hybridized carbons (Fsp3) is 0.346. The molecule has 0 saturated carbocycles. The van der Waals surface area contributed by atoms with E-state index in [1.807, 2.05) is 69.4 Å². The number of likely N-dealkylation sites (N-methyl/N-ethyl adjacent to an activating group) is 1. The van der Waals surface area contributed by atoms with Gasteiger partial charge in [-0.3, -0.25) is 4.79 Å². The summed E-state index contributed by atoms with van der Waals surface area (Å²) in [5, 5.41) is 12.0. The Kier molecular flexibility index (Phi) is 6.47. The van der Waals surface area contributed by atoms with Crippen LogP contribution in [0.1, 0.15) is 37.6 Å². The molecule has 1 heterocycles. The van der Waals surface area contributed by atoms with Gasteiger partial charge in [-0.1, -0.05) is 61.5 Å². The number of aliphatic hydroxyl groups excluding tert-OH is 1. The summed E-state index contributed by atoms with van der Waals surface area (Å²) in [4.78, 5) is 15.3. The quantitative estimate of drug-likeness (QED) is 0.544. The van der Waals surface area contributed by atoms with Crippen LogP contribution in [0.15, 0.2) is 73.3 Å². The number of carbonyl (C=O) groups excluding carboxylic acids is 1. The molecule has 1 N–H and O–H groups in total. The Morgan fingerprint density at radius 2 is 1.83 bits per heavy atom. The van der Waals surface area contributed by atoms with Crippen molar-refractivity contribution in [3.8, 4) is 0 Å². The van der Waals surface area contributed by atoms with Crippen molar-refractivity contribution in [1.29, 1.82) is 0 Å². The monoisotopic (exact) mass is 404 g/mol. The molecule has 0 spiro atoms. The largest absolute Gasteiger partial charge is 0.386 e. The van der Waals surface area contributed by atoms with E-state index in [0.29, 0.717) is 12.8 Å². The molecule has 0 aliphatic carbocycles. The summed E-state index contributed by atoms with van der Waals surface area (Å²) in [6, 6.07) is 19.5. The molecule has 0 aliphatic heterocycles. The van der Waals surface area contributed by atoms with Crippen molar-refractivity contribution in [3.63, 3.8) is 0 Å². The first-order valence-corrected chi connectivity index (χ1v) is 10.4. The highest BCUT2D eigenvalue weighted by molar-refractivity contribution is 5.84. The molecule has 4 heteroatoms. The minimum atomic E-state index is -0.745. The van der Waals surface area contributed by atoms with E-state index >= 15 is 0 Å². The molecular weight excluding hydrogens is 372 g/mol. The predicted molar refractivity (Wildman–Crippen MR) is 123 cm³/mol. The predicted octanol–water partition coefficient (Wildman–Crippen LogP) is 4.88. The summed E-state index contributed by atoms with van der Waals surface area (Å²) in [7, 11) is 3.82. The molecule has 0 bridgehead atoms. The van der Waals surface area contributed by atoms with Crippen molar-refractivity contribution >= 4 is 16.8 Å². The highest BCUT2D eigenvalue weighted by atomic mass is 16.3. The maximum Gasteiger partial charge on any atom is 0.229 e. The SMILES string of the molecule is C=CC[C@@](C)(Cc1cc2ccccc2n1C)C(=O)N(C)[C@@H](C)[C@@H](O)c1ccccc1. The molecule has 158 valence electrons. The van der Waals surface area contributed by atoms with Crippen LogP contribution in [0.5, 0.6) is 0 Å². The number of fused-ring (bicyclic) bond motifs is 1. The Labute approximate surface area is 179 Å². The number of nitrogens with zero attached hydrogens (tertiary/aromatic N) is 2. The lowest BCUT2D eigenvalue weighted by atomic mass is 9.80. The summed E-state index contributed by atoms with van der Waals surface area (Å²) in [5.41, 5.74) is 2.42. The van der Waals surface area contributed by atoms with Gasteiger partial charge in [-0.15, -0.1) is 6.58 Å². The summed E-state index contributed by atoms with van der Waals surface area (Å²) in [6.07, 6.45) is 2.23. The molecule has 3 atom stereocenters. The Balaban J connectivity index is 1.86. The van der Waals surface area contributed by atoms with Gasteiger partial charge < -0.3 is 14.6 Å². The van der Waals surface area contributed by atoms with Crippen LogP contribution >= 0.6 is 0 Å². The van der Waals surface area contributed by atoms with Gasteiger partial charge in [0.25, 0.3) is 0 Å². The fourth-order valence-electron chi connectivity index (χ4n) is 4.22. The topological polar surface area (TPSA) is 45.5 Å². The highest BCUT2D eigenvalue weighted by Crippen LogP contribution is 2.33. The molecule has 0 aliphatic rings. The van der Waals surface area contributed by atoms with Gasteiger partial charge in [-0.25, -0.2) is 0 Å². The first-order valence-electron chi connectivity index (χ1n) is 10.4. The second-order valence-electron chi connectivity index (χ2n) is 8.50. The van der Waals surface area contributed by atoms with Gasteiger partial charge in [0.1, 0.15) is 0 Å². The minimum absolute atomic E-state index is 0.00939. The van der Waals surface area contributed by atoms with Crippen molar-refractivity contribution in [2.24, 2.45) is 12.5 Å². The zero-order chi connectivity index (χ0) is 21.9. The molecule has 4 nitrogen and oxygen atoms in total. The van der Waals surface area contributed by atoms with E-state index < -0.39 is 11.5 Å². The summed E-state index contributed by atoms with van der Waals surface area (Å²) >= 11 is 0. The Hall–Kier alpha value is -2.85. The average Bonchev–Trinajstić information content (AvgIpc) is 3.07. The number of benzene rings is 2. The van der Waals surface area contributed by atoms with Gasteiger partial charge in [-0.05, 0) is 36.4 Å². The van der Waals surface area contributed by atoms with Crippen LogP contribution in [0.2, 0.25) is 0 Å². The summed E-state index contributed by atoms with van der Waals surface area (Å²) in [5.74, 6) is 0.00939.